The summed E-state index contributed by atoms with van der Waals surface area (Å²) in [6, 6.07) is 8.45. The molecule has 1 aromatic carbocycles. The summed E-state index contributed by atoms with van der Waals surface area (Å²) in [5.74, 6) is 0.944. The number of likely N-dealkylation sites (N-methyl/N-ethyl adjacent to an activating group) is 1. The van der Waals surface area contributed by atoms with Gasteiger partial charge in [0, 0.05) is 13.2 Å². The van der Waals surface area contributed by atoms with Crippen molar-refractivity contribution < 1.29 is 9.47 Å². The van der Waals surface area contributed by atoms with Crippen molar-refractivity contribution in [3.05, 3.63) is 29.8 Å². The fourth-order valence-electron chi connectivity index (χ4n) is 2.82. The minimum absolute atomic E-state index is 0.129. The van der Waals surface area contributed by atoms with E-state index in [1.54, 1.807) is 14.2 Å². The number of para-hydroxylation sites is 1. The molecule has 108 valence electrons. The number of nitrogens with one attached hydrogen (secondary N) is 1. The van der Waals surface area contributed by atoms with Gasteiger partial charge in [0.15, 0.2) is 0 Å². The lowest BCUT2D eigenvalue weighted by molar-refractivity contribution is -0.0455. The number of methoxy groups -OCH3 is 2. The molecule has 1 unspecified atom stereocenters. The highest BCUT2D eigenvalue weighted by Crippen LogP contribution is 2.29. The minimum Gasteiger partial charge on any atom is -0.496 e. The van der Waals surface area contributed by atoms with Gasteiger partial charge in [-0.25, -0.2) is 0 Å². The van der Waals surface area contributed by atoms with Crippen LogP contribution in [0.1, 0.15) is 32.3 Å². The second-order valence-corrected chi connectivity index (χ2v) is 4.83. The van der Waals surface area contributed by atoms with E-state index in [1.807, 2.05) is 19.2 Å². The van der Waals surface area contributed by atoms with E-state index in [-0.39, 0.29) is 11.6 Å². The molecule has 3 heteroatoms. The standard InChI is InChI=1S/C16H27NO2/c1-6-16(7-2,19-5)15(17-3)12-13-10-8-9-11-14(13)18-4/h8-11,15,17H,6-7,12H2,1-5H3. The molecule has 0 saturated heterocycles. The lowest BCUT2D eigenvalue weighted by Gasteiger charge is -2.38. The zero-order valence-corrected chi connectivity index (χ0v) is 12.8. The number of ether oxygens (including phenoxy) is 2. The van der Waals surface area contributed by atoms with Crippen LogP contribution in [-0.4, -0.2) is 32.9 Å². The van der Waals surface area contributed by atoms with Crippen LogP contribution in [0.4, 0.5) is 0 Å². The van der Waals surface area contributed by atoms with Gasteiger partial charge in [0.05, 0.1) is 12.7 Å². The Hall–Kier alpha value is -1.06. The Morgan fingerprint density at radius 1 is 1.16 bits per heavy atom. The maximum absolute atomic E-state index is 5.83. The monoisotopic (exact) mass is 265 g/mol. The van der Waals surface area contributed by atoms with Crippen LogP contribution < -0.4 is 10.1 Å². The van der Waals surface area contributed by atoms with Crippen molar-refractivity contribution in [3.8, 4) is 5.75 Å². The zero-order chi connectivity index (χ0) is 14.3. The van der Waals surface area contributed by atoms with E-state index in [4.69, 9.17) is 9.47 Å². The van der Waals surface area contributed by atoms with E-state index in [0.717, 1.165) is 25.0 Å². The summed E-state index contributed by atoms with van der Waals surface area (Å²) in [5, 5.41) is 3.41. The number of hydrogen-bond donors (Lipinski definition) is 1. The Balaban J connectivity index is 2.98. The van der Waals surface area contributed by atoms with Gasteiger partial charge in [-0.1, -0.05) is 32.0 Å². The Morgan fingerprint density at radius 3 is 2.26 bits per heavy atom. The summed E-state index contributed by atoms with van der Waals surface area (Å²) in [5.41, 5.74) is 1.09. The van der Waals surface area contributed by atoms with Gasteiger partial charge in [0.2, 0.25) is 0 Å². The van der Waals surface area contributed by atoms with Gasteiger partial charge in [-0.05, 0) is 37.9 Å². The number of rotatable bonds is 8. The Bertz CT molecular complexity index is 367. The lowest BCUT2D eigenvalue weighted by atomic mass is 9.84. The molecule has 0 heterocycles. The molecular weight excluding hydrogens is 238 g/mol. The molecule has 0 bridgehead atoms. The van der Waals surface area contributed by atoms with Crippen LogP contribution in [0, 0.1) is 0 Å². The van der Waals surface area contributed by atoms with E-state index in [0.29, 0.717) is 0 Å². The quantitative estimate of drug-likeness (QED) is 0.783. The summed E-state index contributed by atoms with van der Waals surface area (Å²) in [7, 11) is 5.52. The van der Waals surface area contributed by atoms with Gasteiger partial charge in [-0.15, -0.1) is 0 Å². The van der Waals surface area contributed by atoms with Crippen molar-refractivity contribution >= 4 is 0 Å². The zero-order valence-electron chi connectivity index (χ0n) is 12.8. The number of hydrogen-bond acceptors (Lipinski definition) is 3. The van der Waals surface area contributed by atoms with Gasteiger partial charge in [0.1, 0.15) is 5.75 Å². The molecule has 0 aliphatic rings. The fourth-order valence-corrected chi connectivity index (χ4v) is 2.82. The SMILES string of the molecule is CCC(CC)(OC)C(Cc1ccccc1OC)NC. The van der Waals surface area contributed by atoms with Crippen LogP contribution >= 0.6 is 0 Å². The average Bonchev–Trinajstić information content (AvgIpc) is 2.48. The number of benzene rings is 1. The summed E-state index contributed by atoms with van der Waals surface area (Å²) >= 11 is 0. The molecule has 3 nitrogen and oxygen atoms in total. The van der Waals surface area contributed by atoms with E-state index in [9.17, 15) is 0 Å². The van der Waals surface area contributed by atoms with Gasteiger partial charge in [-0.2, -0.15) is 0 Å². The maximum Gasteiger partial charge on any atom is 0.122 e. The second-order valence-electron chi connectivity index (χ2n) is 4.83. The van der Waals surface area contributed by atoms with Gasteiger partial charge < -0.3 is 14.8 Å². The summed E-state index contributed by atoms with van der Waals surface area (Å²) in [6.45, 7) is 4.36. The molecule has 19 heavy (non-hydrogen) atoms. The predicted octanol–water partition coefficient (Wildman–Crippen LogP) is 3.03. The lowest BCUT2D eigenvalue weighted by Crippen LogP contribution is -2.51. The first kappa shape index (κ1) is 16.0. The fraction of sp³-hybridized carbons (Fsp3) is 0.625. The third-order valence-electron chi connectivity index (χ3n) is 4.20. The molecule has 0 fully saturated rings. The molecule has 1 N–H and O–H groups in total. The molecule has 0 spiro atoms. The van der Waals surface area contributed by atoms with E-state index in [2.05, 4.69) is 31.3 Å². The van der Waals surface area contributed by atoms with Crippen LogP contribution in [0.2, 0.25) is 0 Å². The third-order valence-corrected chi connectivity index (χ3v) is 4.20. The van der Waals surface area contributed by atoms with Crippen LogP contribution in [0.15, 0.2) is 24.3 Å². The van der Waals surface area contributed by atoms with Crippen LogP contribution in [0.5, 0.6) is 5.75 Å². The molecular formula is C16H27NO2. The first-order valence-electron chi connectivity index (χ1n) is 7.01. The topological polar surface area (TPSA) is 30.5 Å². The van der Waals surface area contributed by atoms with Crippen molar-refractivity contribution in [2.75, 3.05) is 21.3 Å². The van der Waals surface area contributed by atoms with E-state index in [1.165, 1.54) is 5.56 Å². The average molecular weight is 265 g/mol. The van der Waals surface area contributed by atoms with Crippen molar-refractivity contribution in [2.24, 2.45) is 0 Å². The highest BCUT2D eigenvalue weighted by atomic mass is 16.5. The molecule has 0 aliphatic carbocycles. The molecule has 0 radical (unpaired) electrons. The Kier molecular flexibility index (Phi) is 6.32. The highest BCUT2D eigenvalue weighted by Gasteiger charge is 2.35. The Labute approximate surface area is 117 Å². The summed E-state index contributed by atoms with van der Waals surface area (Å²) < 4.78 is 11.3. The first-order valence-corrected chi connectivity index (χ1v) is 7.01. The van der Waals surface area contributed by atoms with Gasteiger partial charge in [0.25, 0.3) is 0 Å². The summed E-state index contributed by atoms with van der Waals surface area (Å²) in [6.07, 6.45) is 2.87. The van der Waals surface area contributed by atoms with Crippen molar-refractivity contribution in [1.29, 1.82) is 0 Å². The largest absolute Gasteiger partial charge is 0.496 e. The van der Waals surface area contributed by atoms with Crippen molar-refractivity contribution in [1.82, 2.24) is 5.32 Å². The normalized spacial score (nSPS) is 13.3. The first-order chi connectivity index (χ1) is 9.17. The smallest absolute Gasteiger partial charge is 0.122 e. The molecule has 1 rings (SSSR count). The van der Waals surface area contributed by atoms with E-state index < -0.39 is 0 Å². The third kappa shape index (κ3) is 3.48. The van der Waals surface area contributed by atoms with E-state index >= 15 is 0 Å². The highest BCUT2D eigenvalue weighted by molar-refractivity contribution is 5.34. The molecule has 0 amide bonds. The second kappa shape index (κ2) is 7.51. The summed E-state index contributed by atoms with van der Waals surface area (Å²) in [4.78, 5) is 0. The van der Waals surface area contributed by atoms with Crippen LogP contribution in [0.25, 0.3) is 0 Å². The molecule has 1 aromatic rings. The minimum atomic E-state index is -0.129. The molecule has 0 saturated carbocycles. The van der Waals surface area contributed by atoms with Gasteiger partial charge >= 0.3 is 0 Å². The molecule has 0 aliphatic heterocycles. The predicted molar refractivity (Wildman–Crippen MR) is 79.9 cm³/mol. The van der Waals surface area contributed by atoms with Crippen LogP contribution in [0.3, 0.4) is 0 Å². The van der Waals surface area contributed by atoms with Gasteiger partial charge in [-0.3, -0.25) is 0 Å². The van der Waals surface area contributed by atoms with Crippen molar-refractivity contribution in [3.63, 3.8) is 0 Å². The van der Waals surface area contributed by atoms with Crippen molar-refractivity contribution in [2.45, 2.75) is 44.8 Å². The maximum atomic E-state index is 5.83. The molecule has 0 aromatic heterocycles. The van der Waals surface area contributed by atoms with Crippen LogP contribution in [-0.2, 0) is 11.2 Å². The molecule has 1 atom stereocenters. The Morgan fingerprint density at radius 2 is 1.79 bits per heavy atom.